The minimum absolute atomic E-state index is 0.159. The molecule has 134 valence electrons. The summed E-state index contributed by atoms with van der Waals surface area (Å²) in [4.78, 5) is 29.3. The number of hydrogen-bond acceptors (Lipinski definition) is 3. The molecular weight excluding hydrogens is 357 g/mol. The van der Waals surface area contributed by atoms with Crippen LogP contribution in [0.25, 0.3) is 0 Å². The predicted molar refractivity (Wildman–Crippen MR) is 97.4 cm³/mol. The van der Waals surface area contributed by atoms with Gasteiger partial charge in [0.2, 0.25) is 0 Å². The van der Waals surface area contributed by atoms with E-state index < -0.39 is 17.5 Å². The summed E-state index contributed by atoms with van der Waals surface area (Å²) in [5.41, 5.74) is 1.75. The van der Waals surface area contributed by atoms with Gasteiger partial charge in [0.15, 0.2) is 6.67 Å². The summed E-state index contributed by atoms with van der Waals surface area (Å²) in [6, 6.07) is 11.7. The van der Waals surface area contributed by atoms with Crippen LogP contribution >= 0.6 is 11.6 Å². The number of carbonyl (C=O) groups is 2. The molecule has 0 radical (unpaired) electrons. The Kier molecular flexibility index (Phi) is 4.38. The Morgan fingerprint density at radius 1 is 1.08 bits per heavy atom. The summed E-state index contributed by atoms with van der Waals surface area (Å²) in [6.07, 6.45) is 0. The minimum Gasteiger partial charge on any atom is -0.360 e. The molecule has 1 fully saturated rings. The Morgan fingerprint density at radius 3 is 2.58 bits per heavy atom. The maximum absolute atomic E-state index is 13.4. The van der Waals surface area contributed by atoms with Crippen molar-refractivity contribution in [2.75, 3.05) is 42.6 Å². The Morgan fingerprint density at radius 2 is 1.85 bits per heavy atom. The van der Waals surface area contributed by atoms with Crippen LogP contribution in [0.3, 0.4) is 0 Å². The van der Waals surface area contributed by atoms with E-state index in [0.717, 1.165) is 37.9 Å². The lowest BCUT2D eigenvalue weighted by atomic mass is 10.1. The molecule has 26 heavy (non-hydrogen) atoms. The zero-order valence-corrected chi connectivity index (χ0v) is 14.8. The maximum Gasteiger partial charge on any atom is 0.303 e. The molecule has 2 aliphatic rings. The van der Waals surface area contributed by atoms with E-state index in [9.17, 15) is 14.0 Å². The number of ketones is 1. The molecule has 1 N–H and O–H groups in total. The second kappa shape index (κ2) is 6.70. The predicted octanol–water partition coefficient (Wildman–Crippen LogP) is 1.37. The smallest absolute Gasteiger partial charge is 0.303 e. The number of halogens is 2. The Hall–Kier alpha value is -2.44. The number of benzene rings is 2. The van der Waals surface area contributed by atoms with Gasteiger partial charge in [-0.15, -0.1) is 0 Å². The monoisotopic (exact) mass is 374 g/mol. The largest absolute Gasteiger partial charge is 0.360 e. The summed E-state index contributed by atoms with van der Waals surface area (Å²) in [7, 11) is 0. The second-order valence-electron chi connectivity index (χ2n) is 6.60. The van der Waals surface area contributed by atoms with Crippen LogP contribution in [0.15, 0.2) is 42.5 Å². The van der Waals surface area contributed by atoms with Crippen LogP contribution in [0.1, 0.15) is 10.4 Å². The van der Waals surface area contributed by atoms with E-state index in [4.69, 9.17) is 11.6 Å². The molecule has 0 spiro atoms. The maximum atomic E-state index is 13.4. The van der Waals surface area contributed by atoms with Gasteiger partial charge in [-0.2, -0.15) is 0 Å². The van der Waals surface area contributed by atoms with Crippen LogP contribution in [0.5, 0.6) is 0 Å². The van der Waals surface area contributed by atoms with Crippen molar-refractivity contribution in [2.45, 2.75) is 0 Å². The third-order valence-corrected chi connectivity index (χ3v) is 5.19. The van der Waals surface area contributed by atoms with E-state index in [1.54, 1.807) is 0 Å². The average molecular weight is 375 g/mol. The van der Waals surface area contributed by atoms with E-state index in [1.807, 2.05) is 24.3 Å². The fourth-order valence-corrected chi connectivity index (χ4v) is 3.75. The Bertz CT molecular complexity index is 881. The fourth-order valence-electron chi connectivity index (χ4n) is 3.57. The van der Waals surface area contributed by atoms with E-state index in [0.29, 0.717) is 17.4 Å². The van der Waals surface area contributed by atoms with Gasteiger partial charge in [0, 0.05) is 10.7 Å². The van der Waals surface area contributed by atoms with Crippen LogP contribution in [0, 0.1) is 5.82 Å². The molecule has 1 amide bonds. The van der Waals surface area contributed by atoms with Gasteiger partial charge in [0.05, 0.1) is 37.4 Å². The zero-order chi connectivity index (χ0) is 18.3. The molecule has 0 unspecified atom stereocenters. The first-order valence-electron chi connectivity index (χ1n) is 8.53. The molecule has 2 aromatic rings. The molecule has 2 aliphatic heterocycles. The highest BCUT2D eigenvalue weighted by atomic mass is 35.5. The average Bonchev–Trinajstić information content (AvgIpc) is 2.87. The van der Waals surface area contributed by atoms with E-state index >= 15 is 0 Å². The Balaban J connectivity index is 1.44. The number of quaternary nitrogens is 1. The summed E-state index contributed by atoms with van der Waals surface area (Å²) in [5.74, 6) is -1.71. The quantitative estimate of drug-likeness (QED) is 0.825. The van der Waals surface area contributed by atoms with Crippen molar-refractivity contribution < 1.29 is 18.9 Å². The van der Waals surface area contributed by atoms with Crippen LogP contribution < -0.4 is 14.7 Å². The molecule has 4 rings (SSSR count). The highest BCUT2D eigenvalue weighted by Crippen LogP contribution is 2.28. The van der Waals surface area contributed by atoms with Gasteiger partial charge in [0.25, 0.3) is 5.78 Å². The molecule has 0 aromatic heterocycles. The number of anilines is 2. The van der Waals surface area contributed by atoms with Crippen LogP contribution in [0.2, 0.25) is 5.02 Å². The van der Waals surface area contributed by atoms with Gasteiger partial charge < -0.3 is 9.80 Å². The molecule has 0 atom stereocenters. The SMILES string of the molecule is O=C1C(=O)N(C[NH+]2CCN(c3cccc(Cl)c3)CC2)c2ccc(F)cc21. The van der Waals surface area contributed by atoms with Crippen molar-refractivity contribution in [3.63, 3.8) is 0 Å². The molecule has 2 aromatic carbocycles. The summed E-state index contributed by atoms with van der Waals surface area (Å²) in [6.45, 7) is 3.75. The lowest BCUT2D eigenvalue weighted by Crippen LogP contribution is -3.16. The molecule has 0 aliphatic carbocycles. The summed E-state index contributed by atoms with van der Waals surface area (Å²) < 4.78 is 13.4. The van der Waals surface area contributed by atoms with E-state index in [-0.39, 0.29) is 5.56 Å². The number of Topliss-reactive ketones (excluding diaryl/α,β-unsaturated/α-hetero) is 1. The Labute approximate surface area is 155 Å². The number of hydrogen-bond donors (Lipinski definition) is 1. The van der Waals surface area contributed by atoms with Gasteiger partial charge in [0.1, 0.15) is 5.82 Å². The standard InChI is InChI=1S/C19H17ClFN3O2/c20-13-2-1-3-15(10-13)23-8-6-22(7-9-23)12-24-17-5-4-14(21)11-16(17)18(25)19(24)26/h1-5,10-11H,6-9,12H2/p+1. The molecule has 0 saturated carbocycles. The number of piperazine rings is 1. The lowest BCUT2D eigenvalue weighted by molar-refractivity contribution is -0.899. The number of amides is 1. The zero-order valence-electron chi connectivity index (χ0n) is 14.0. The van der Waals surface area contributed by atoms with Crippen molar-refractivity contribution in [3.05, 3.63) is 58.9 Å². The van der Waals surface area contributed by atoms with Crippen LogP contribution in [-0.4, -0.2) is 44.5 Å². The van der Waals surface area contributed by atoms with Gasteiger partial charge >= 0.3 is 5.91 Å². The normalized spacial score (nSPS) is 17.8. The molecule has 7 heteroatoms. The molecular formula is C19H18ClFN3O2+. The van der Waals surface area contributed by atoms with Crippen molar-refractivity contribution >= 4 is 34.7 Å². The highest BCUT2D eigenvalue weighted by Gasteiger charge is 2.38. The van der Waals surface area contributed by atoms with Crippen molar-refractivity contribution in [2.24, 2.45) is 0 Å². The minimum atomic E-state index is -0.628. The summed E-state index contributed by atoms with van der Waals surface area (Å²) in [5, 5.41) is 0.710. The van der Waals surface area contributed by atoms with Gasteiger partial charge in [-0.3, -0.25) is 14.5 Å². The van der Waals surface area contributed by atoms with E-state index in [2.05, 4.69) is 4.90 Å². The number of rotatable bonds is 3. The van der Waals surface area contributed by atoms with Crippen LogP contribution in [-0.2, 0) is 4.79 Å². The fraction of sp³-hybridized carbons (Fsp3) is 0.263. The van der Waals surface area contributed by atoms with E-state index in [1.165, 1.54) is 21.9 Å². The first kappa shape index (κ1) is 17.0. The second-order valence-corrected chi connectivity index (χ2v) is 7.04. The van der Waals surface area contributed by atoms with Crippen molar-refractivity contribution in [1.82, 2.24) is 0 Å². The van der Waals surface area contributed by atoms with Crippen molar-refractivity contribution in [3.8, 4) is 0 Å². The first-order valence-corrected chi connectivity index (χ1v) is 8.90. The third kappa shape index (κ3) is 3.06. The molecule has 0 bridgehead atoms. The van der Waals surface area contributed by atoms with Gasteiger partial charge in [-0.25, -0.2) is 4.39 Å². The molecule has 1 saturated heterocycles. The number of fused-ring (bicyclic) bond motifs is 1. The third-order valence-electron chi connectivity index (χ3n) is 4.96. The summed E-state index contributed by atoms with van der Waals surface area (Å²) >= 11 is 6.06. The van der Waals surface area contributed by atoms with Crippen LogP contribution in [0.4, 0.5) is 15.8 Å². The topological polar surface area (TPSA) is 45.1 Å². The molecule has 2 heterocycles. The van der Waals surface area contributed by atoms with Crippen molar-refractivity contribution in [1.29, 1.82) is 0 Å². The highest BCUT2D eigenvalue weighted by molar-refractivity contribution is 6.52. The number of nitrogens with one attached hydrogen (secondary N) is 1. The van der Waals surface area contributed by atoms with Gasteiger partial charge in [-0.1, -0.05) is 17.7 Å². The van der Waals surface area contributed by atoms with Gasteiger partial charge in [-0.05, 0) is 36.4 Å². The molecule has 5 nitrogen and oxygen atoms in total. The number of carbonyl (C=O) groups excluding carboxylic acids is 2. The lowest BCUT2D eigenvalue weighted by Gasteiger charge is -2.35. The number of nitrogens with zero attached hydrogens (tertiary/aromatic N) is 2. The first-order chi connectivity index (χ1) is 12.5.